The van der Waals surface area contributed by atoms with Gasteiger partial charge in [-0.15, -0.1) is 11.8 Å². The van der Waals surface area contributed by atoms with Crippen LogP contribution >= 0.6 is 23.4 Å². The number of thioether (sulfide) groups is 1. The molecule has 1 atom stereocenters. The largest absolute Gasteiger partial charge is 0.469 e. The first kappa shape index (κ1) is 16.8. The van der Waals surface area contributed by atoms with E-state index >= 15 is 0 Å². The fourth-order valence-electron chi connectivity index (χ4n) is 1.37. The Hall–Kier alpha value is -1.27. The number of anilines is 1. The third-order valence-corrected chi connectivity index (χ3v) is 3.79. The summed E-state index contributed by atoms with van der Waals surface area (Å²) in [6, 6.07) is 4.02. The lowest BCUT2D eigenvalue weighted by atomic mass is 10.3. The summed E-state index contributed by atoms with van der Waals surface area (Å²) in [6.45, 7) is 1.82. The van der Waals surface area contributed by atoms with Crippen LogP contribution in [0.2, 0.25) is 5.02 Å². The van der Waals surface area contributed by atoms with Crippen LogP contribution < -0.4 is 5.32 Å². The Kier molecular flexibility index (Phi) is 6.81. The second kappa shape index (κ2) is 8.11. The van der Waals surface area contributed by atoms with Gasteiger partial charge in [0.25, 0.3) is 0 Å². The number of nitrogens with one attached hydrogen (secondary N) is 1. The van der Waals surface area contributed by atoms with Crippen molar-refractivity contribution in [2.75, 3.05) is 18.2 Å². The molecule has 0 fully saturated rings. The van der Waals surface area contributed by atoms with Gasteiger partial charge >= 0.3 is 5.97 Å². The molecule has 0 saturated carbocycles. The Labute approximate surface area is 126 Å². The van der Waals surface area contributed by atoms with E-state index < -0.39 is 5.82 Å². The molecule has 20 heavy (non-hydrogen) atoms. The van der Waals surface area contributed by atoms with Gasteiger partial charge in [-0.2, -0.15) is 0 Å². The zero-order valence-electron chi connectivity index (χ0n) is 11.1. The maximum absolute atomic E-state index is 13.5. The number of ether oxygens (including phenoxy) is 1. The fraction of sp³-hybridized carbons (Fsp3) is 0.385. The molecule has 0 heterocycles. The van der Waals surface area contributed by atoms with E-state index in [2.05, 4.69) is 10.1 Å². The van der Waals surface area contributed by atoms with E-state index in [1.54, 1.807) is 0 Å². The third kappa shape index (κ3) is 5.79. The molecule has 0 aliphatic carbocycles. The smallest absolute Gasteiger partial charge is 0.306 e. The minimum atomic E-state index is -0.585. The van der Waals surface area contributed by atoms with Gasteiger partial charge in [0.2, 0.25) is 5.91 Å². The number of amides is 1. The molecule has 0 aromatic heterocycles. The van der Waals surface area contributed by atoms with Crippen LogP contribution in [-0.2, 0) is 14.3 Å². The standard InChI is InChI=1S/C13H15ClFNO3S/c1-8(5-13(18)19-2)20-7-12(17)16-11-4-3-9(14)6-10(11)15/h3-4,6,8H,5,7H2,1-2H3,(H,16,17). The van der Waals surface area contributed by atoms with Gasteiger partial charge in [0.15, 0.2) is 0 Å². The van der Waals surface area contributed by atoms with Crippen molar-refractivity contribution in [2.24, 2.45) is 0 Å². The third-order valence-electron chi connectivity index (χ3n) is 2.39. The SMILES string of the molecule is COC(=O)CC(C)SCC(=O)Nc1ccc(Cl)cc1F. The number of methoxy groups -OCH3 is 1. The first-order valence-electron chi connectivity index (χ1n) is 5.85. The van der Waals surface area contributed by atoms with Crippen LogP contribution in [0, 0.1) is 5.82 Å². The minimum absolute atomic E-state index is 0.0525. The van der Waals surface area contributed by atoms with Crippen molar-refractivity contribution in [1.29, 1.82) is 0 Å². The number of halogens is 2. The highest BCUT2D eigenvalue weighted by Crippen LogP contribution is 2.20. The maximum Gasteiger partial charge on any atom is 0.306 e. The van der Waals surface area contributed by atoms with Gasteiger partial charge in [0, 0.05) is 10.3 Å². The molecule has 1 amide bonds. The molecular weight excluding hydrogens is 305 g/mol. The lowest BCUT2D eigenvalue weighted by Gasteiger charge is -2.10. The molecule has 0 aliphatic rings. The van der Waals surface area contributed by atoms with Crippen molar-refractivity contribution in [3.05, 3.63) is 29.0 Å². The molecule has 0 aliphatic heterocycles. The van der Waals surface area contributed by atoms with Crippen LogP contribution in [0.4, 0.5) is 10.1 Å². The second-order valence-corrected chi connectivity index (χ2v) is 5.94. The van der Waals surface area contributed by atoms with Crippen LogP contribution in [0.1, 0.15) is 13.3 Å². The van der Waals surface area contributed by atoms with Crippen LogP contribution in [0.3, 0.4) is 0 Å². The quantitative estimate of drug-likeness (QED) is 0.819. The number of hydrogen-bond donors (Lipinski definition) is 1. The molecule has 110 valence electrons. The number of esters is 1. The zero-order valence-corrected chi connectivity index (χ0v) is 12.7. The molecule has 0 bridgehead atoms. The van der Waals surface area contributed by atoms with Crippen molar-refractivity contribution in [2.45, 2.75) is 18.6 Å². The first-order chi connectivity index (χ1) is 9.42. The molecule has 0 radical (unpaired) electrons. The number of carbonyl (C=O) groups is 2. The lowest BCUT2D eigenvalue weighted by Crippen LogP contribution is -2.18. The highest BCUT2D eigenvalue weighted by atomic mass is 35.5. The summed E-state index contributed by atoms with van der Waals surface area (Å²) in [5.41, 5.74) is 0.0839. The van der Waals surface area contributed by atoms with E-state index in [4.69, 9.17) is 11.6 Å². The lowest BCUT2D eigenvalue weighted by molar-refractivity contribution is -0.140. The summed E-state index contributed by atoms with van der Waals surface area (Å²) in [7, 11) is 1.32. The molecule has 1 rings (SSSR count). The van der Waals surface area contributed by atoms with E-state index in [-0.39, 0.29) is 40.0 Å². The van der Waals surface area contributed by atoms with Crippen molar-refractivity contribution in [3.8, 4) is 0 Å². The summed E-state index contributed by atoms with van der Waals surface area (Å²) < 4.78 is 18.0. The van der Waals surface area contributed by atoms with Crippen molar-refractivity contribution >= 4 is 40.9 Å². The molecule has 1 aromatic rings. The normalized spacial score (nSPS) is 11.8. The van der Waals surface area contributed by atoms with Crippen LogP contribution in [0.15, 0.2) is 18.2 Å². The number of rotatable bonds is 6. The summed E-state index contributed by atoms with van der Waals surface area (Å²) in [5, 5.41) is 2.66. The predicted molar refractivity (Wildman–Crippen MR) is 78.6 cm³/mol. The van der Waals surface area contributed by atoms with Crippen LogP contribution in [0.25, 0.3) is 0 Å². The molecule has 0 spiro atoms. The monoisotopic (exact) mass is 319 g/mol. The van der Waals surface area contributed by atoms with E-state index in [1.807, 2.05) is 6.92 Å². The number of benzene rings is 1. The number of hydrogen-bond acceptors (Lipinski definition) is 4. The average Bonchev–Trinajstić information content (AvgIpc) is 2.39. The topological polar surface area (TPSA) is 55.4 Å². The minimum Gasteiger partial charge on any atom is -0.469 e. The van der Waals surface area contributed by atoms with Gasteiger partial charge in [-0.3, -0.25) is 9.59 Å². The van der Waals surface area contributed by atoms with Crippen molar-refractivity contribution in [3.63, 3.8) is 0 Å². The predicted octanol–water partition coefficient (Wildman–Crippen LogP) is 3.10. The van der Waals surface area contributed by atoms with Gasteiger partial charge in [0.1, 0.15) is 5.82 Å². The molecule has 0 saturated heterocycles. The molecule has 7 heteroatoms. The van der Waals surface area contributed by atoms with Gasteiger partial charge in [-0.25, -0.2) is 4.39 Å². The Morgan fingerprint density at radius 1 is 1.50 bits per heavy atom. The van der Waals surface area contributed by atoms with Gasteiger partial charge in [-0.05, 0) is 18.2 Å². The van der Waals surface area contributed by atoms with Gasteiger partial charge in [0.05, 0.1) is 25.0 Å². The Bertz CT molecular complexity index is 499. The van der Waals surface area contributed by atoms with E-state index in [9.17, 15) is 14.0 Å². The molecule has 1 unspecified atom stereocenters. The Balaban J connectivity index is 2.42. The van der Waals surface area contributed by atoms with E-state index in [0.29, 0.717) is 0 Å². The van der Waals surface area contributed by atoms with Gasteiger partial charge < -0.3 is 10.1 Å². The average molecular weight is 320 g/mol. The molecule has 1 N–H and O–H groups in total. The summed E-state index contributed by atoms with van der Waals surface area (Å²) in [4.78, 5) is 22.7. The van der Waals surface area contributed by atoms with E-state index in [0.717, 1.165) is 6.07 Å². The molecule has 1 aromatic carbocycles. The van der Waals surface area contributed by atoms with Gasteiger partial charge in [-0.1, -0.05) is 18.5 Å². The van der Waals surface area contributed by atoms with Crippen LogP contribution in [0.5, 0.6) is 0 Å². The van der Waals surface area contributed by atoms with Crippen LogP contribution in [-0.4, -0.2) is 30.0 Å². The molecule has 4 nitrogen and oxygen atoms in total. The van der Waals surface area contributed by atoms with Crippen molar-refractivity contribution in [1.82, 2.24) is 0 Å². The molecular formula is C13H15ClFNO3S. The van der Waals surface area contributed by atoms with E-state index in [1.165, 1.54) is 31.0 Å². The fourth-order valence-corrected chi connectivity index (χ4v) is 2.29. The first-order valence-corrected chi connectivity index (χ1v) is 7.28. The summed E-state index contributed by atoms with van der Waals surface area (Å²) in [5.74, 6) is -1.12. The number of carbonyl (C=O) groups excluding carboxylic acids is 2. The summed E-state index contributed by atoms with van der Waals surface area (Å²) >= 11 is 6.91. The highest BCUT2D eigenvalue weighted by Gasteiger charge is 2.13. The zero-order chi connectivity index (χ0) is 15.1. The Morgan fingerprint density at radius 2 is 2.20 bits per heavy atom. The van der Waals surface area contributed by atoms with Crippen molar-refractivity contribution < 1.29 is 18.7 Å². The maximum atomic E-state index is 13.5. The highest BCUT2D eigenvalue weighted by molar-refractivity contribution is 8.00. The summed E-state index contributed by atoms with van der Waals surface area (Å²) in [6.07, 6.45) is 0.226. The second-order valence-electron chi connectivity index (χ2n) is 4.07. The Morgan fingerprint density at radius 3 is 2.80 bits per heavy atom.